The van der Waals surface area contributed by atoms with E-state index in [2.05, 4.69) is 29.4 Å². The van der Waals surface area contributed by atoms with Gasteiger partial charge < -0.3 is 10.6 Å². The summed E-state index contributed by atoms with van der Waals surface area (Å²) in [6.07, 6.45) is 8.32. The summed E-state index contributed by atoms with van der Waals surface area (Å²) >= 11 is 0. The third-order valence-corrected chi connectivity index (χ3v) is 1.51. The lowest BCUT2D eigenvalue weighted by atomic mass is 10.3. The Kier molecular flexibility index (Phi) is 9.88. The lowest BCUT2D eigenvalue weighted by molar-refractivity contribution is 0.655. The maximum atomic E-state index is 3.64. The fraction of sp³-hybridized carbons (Fsp3) is 0.600. The largest absolute Gasteiger partial charge is 0.320 e. The van der Waals surface area contributed by atoms with E-state index in [0.717, 1.165) is 26.1 Å². The van der Waals surface area contributed by atoms with Crippen LogP contribution in [0.5, 0.6) is 0 Å². The number of nitrogens with one attached hydrogen (secondary N) is 2. The number of rotatable bonds is 8. The van der Waals surface area contributed by atoms with Gasteiger partial charge in [0, 0.05) is 6.54 Å². The fourth-order valence-corrected chi connectivity index (χ4v) is 0.851. The third-order valence-electron chi connectivity index (χ3n) is 1.51. The van der Waals surface area contributed by atoms with Crippen LogP contribution in [0, 0.1) is 0 Å². The second-order valence-electron chi connectivity index (χ2n) is 2.66. The smallest absolute Gasteiger partial charge is 0.0135 e. The Morgan fingerprint density at radius 3 is 2.75 bits per heavy atom. The number of allylic oxidation sites excluding steroid dienone is 2. The standard InChI is InChI=1S/C10H20N2/c1-3-4-5-6-9-12-10-7-8-11-2/h3,5-6,11-12H,1,4,7-10H2,2H3/b6-5-. The molecule has 0 rings (SSSR count). The molecular formula is C10H20N2. The van der Waals surface area contributed by atoms with Crippen LogP contribution in [-0.2, 0) is 0 Å². The van der Waals surface area contributed by atoms with E-state index in [1.54, 1.807) is 0 Å². The summed E-state index contributed by atoms with van der Waals surface area (Å²) in [5.41, 5.74) is 0. The Morgan fingerprint density at radius 2 is 2.08 bits per heavy atom. The van der Waals surface area contributed by atoms with E-state index >= 15 is 0 Å². The topological polar surface area (TPSA) is 24.1 Å². The van der Waals surface area contributed by atoms with Crippen molar-refractivity contribution in [3.05, 3.63) is 24.8 Å². The van der Waals surface area contributed by atoms with Crippen molar-refractivity contribution < 1.29 is 0 Å². The zero-order valence-corrected chi connectivity index (χ0v) is 7.97. The zero-order chi connectivity index (χ0) is 9.07. The maximum Gasteiger partial charge on any atom is 0.0135 e. The van der Waals surface area contributed by atoms with E-state index in [1.807, 2.05) is 13.1 Å². The van der Waals surface area contributed by atoms with Crippen LogP contribution in [-0.4, -0.2) is 26.7 Å². The van der Waals surface area contributed by atoms with Crippen LogP contribution >= 0.6 is 0 Å². The van der Waals surface area contributed by atoms with Crippen molar-refractivity contribution in [1.29, 1.82) is 0 Å². The van der Waals surface area contributed by atoms with Crippen LogP contribution in [0.4, 0.5) is 0 Å². The molecule has 0 unspecified atom stereocenters. The molecule has 0 atom stereocenters. The molecule has 2 nitrogen and oxygen atoms in total. The quantitative estimate of drug-likeness (QED) is 0.422. The molecule has 0 radical (unpaired) electrons. The lowest BCUT2D eigenvalue weighted by Crippen LogP contribution is -2.19. The van der Waals surface area contributed by atoms with Gasteiger partial charge in [0.05, 0.1) is 0 Å². The first-order valence-corrected chi connectivity index (χ1v) is 4.53. The van der Waals surface area contributed by atoms with E-state index < -0.39 is 0 Å². The zero-order valence-electron chi connectivity index (χ0n) is 7.97. The molecule has 0 aromatic rings. The molecule has 0 aliphatic heterocycles. The minimum Gasteiger partial charge on any atom is -0.320 e. The van der Waals surface area contributed by atoms with E-state index in [0.29, 0.717) is 0 Å². The van der Waals surface area contributed by atoms with E-state index in [4.69, 9.17) is 0 Å². The van der Waals surface area contributed by atoms with Gasteiger partial charge in [-0.15, -0.1) is 6.58 Å². The molecular weight excluding hydrogens is 148 g/mol. The summed E-state index contributed by atoms with van der Waals surface area (Å²) in [6.45, 7) is 6.78. The summed E-state index contributed by atoms with van der Waals surface area (Å²) in [5.74, 6) is 0. The van der Waals surface area contributed by atoms with Gasteiger partial charge in [0.15, 0.2) is 0 Å². The van der Waals surface area contributed by atoms with Gasteiger partial charge in [-0.2, -0.15) is 0 Å². The van der Waals surface area contributed by atoms with Gasteiger partial charge in [-0.05, 0) is 33.0 Å². The normalized spacial score (nSPS) is 10.8. The average molecular weight is 168 g/mol. The molecule has 0 saturated heterocycles. The van der Waals surface area contributed by atoms with E-state index in [-0.39, 0.29) is 0 Å². The minimum absolute atomic E-state index is 0.970. The van der Waals surface area contributed by atoms with Crippen molar-refractivity contribution in [2.45, 2.75) is 12.8 Å². The molecule has 0 spiro atoms. The van der Waals surface area contributed by atoms with Crippen molar-refractivity contribution in [2.75, 3.05) is 26.7 Å². The van der Waals surface area contributed by atoms with Crippen molar-refractivity contribution in [2.24, 2.45) is 0 Å². The van der Waals surface area contributed by atoms with Crippen LogP contribution in [0.2, 0.25) is 0 Å². The molecule has 0 aliphatic carbocycles. The summed E-state index contributed by atoms with van der Waals surface area (Å²) in [7, 11) is 1.98. The summed E-state index contributed by atoms with van der Waals surface area (Å²) < 4.78 is 0. The lowest BCUT2D eigenvalue weighted by Gasteiger charge is -1.99. The summed E-state index contributed by atoms with van der Waals surface area (Å²) in [6, 6.07) is 0. The van der Waals surface area contributed by atoms with Crippen LogP contribution in [0.3, 0.4) is 0 Å². The molecule has 0 fully saturated rings. The molecule has 0 bridgehead atoms. The van der Waals surface area contributed by atoms with Gasteiger partial charge in [0.2, 0.25) is 0 Å². The summed E-state index contributed by atoms with van der Waals surface area (Å²) in [4.78, 5) is 0. The SMILES string of the molecule is C=CC/C=C\CNCCCNC. The predicted molar refractivity (Wildman–Crippen MR) is 55.4 cm³/mol. The van der Waals surface area contributed by atoms with Crippen LogP contribution in [0.25, 0.3) is 0 Å². The number of hydrogen-bond donors (Lipinski definition) is 2. The predicted octanol–water partition coefficient (Wildman–Crippen LogP) is 1.32. The van der Waals surface area contributed by atoms with Crippen LogP contribution in [0.1, 0.15) is 12.8 Å². The molecule has 0 amide bonds. The van der Waals surface area contributed by atoms with Gasteiger partial charge in [-0.25, -0.2) is 0 Å². The highest BCUT2D eigenvalue weighted by Gasteiger charge is 1.82. The highest BCUT2D eigenvalue weighted by atomic mass is 14.9. The Bertz CT molecular complexity index is 119. The summed E-state index contributed by atoms with van der Waals surface area (Å²) in [5, 5.41) is 6.43. The van der Waals surface area contributed by atoms with Gasteiger partial charge in [-0.1, -0.05) is 18.2 Å². The number of hydrogen-bond acceptors (Lipinski definition) is 2. The molecule has 2 N–H and O–H groups in total. The third kappa shape index (κ3) is 9.40. The first-order valence-electron chi connectivity index (χ1n) is 4.53. The maximum absolute atomic E-state index is 3.64. The Balaban J connectivity index is 2.94. The molecule has 2 heteroatoms. The molecule has 0 aromatic heterocycles. The average Bonchev–Trinajstić information content (AvgIpc) is 2.10. The Morgan fingerprint density at radius 1 is 1.25 bits per heavy atom. The van der Waals surface area contributed by atoms with Crippen molar-refractivity contribution >= 4 is 0 Å². The minimum atomic E-state index is 0.970. The molecule has 0 aliphatic rings. The van der Waals surface area contributed by atoms with Crippen LogP contribution < -0.4 is 10.6 Å². The Hall–Kier alpha value is -0.600. The van der Waals surface area contributed by atoms with Gasteiger partial charge in [-0.3, -0.25) is 0 Å². The first-order chi connectivity index (χ1) is 5.91. The molecule has 0 saturated carbocycles. The highest BCUT2D eigenvalue weighted by molar-refractivity contribution is 4.89. The van der Waals surface area contributed by atoms with E-state index in [9.17, 15) is 0 Å². The van der Waals surface area contributed by atoms with E-state index in [1.165, 1.54) is 6.42 Å². The molecule has 0 aromatic carbocycles. The highest BCUT2D eigenvalue weighted by Crippen LogP contribution is 1.81. The second-order valence-corrected chi connectivity index (χ2v) is 2.66. The van der Waals surface area contributed by atoms with Gasteiger partial charge in [0.1, 0.15) is 0 Å². The monoisotopic (exact) mass is 168 g/mol. The first kappa shape index (κ1) is 11.4. The molecule has 0 heterocycles. The van der Waals surface area contributed by atoms with Crippen molar-refractivity contribution in [3.63, 3.8) is 0 Å². The van der Waals surface area contributed by atoms with Gasteiger partial charge >= 0.3 is 0 Å². The van der Waals surface area contributed by atoms with Gasteiger partial charge in [0.25, 0.3) is 0 Å². The van der Waals surface area contributed by atoms with Crippen molar-refractivity contribution in [3.8, 4) is 0 Å². The molecule has 12 heavy (non-hydrogen) atoms. The Labute approximate surface area is 75.7 Å². The second kappa shape index (κ2) is 10.4. The fourth-order valence-electron chi connectivity index (χ4n) is 0.851. The van der Waals surface area contributed by atoms with Crippen LogP contribution in [0.15, 0.2) is 24.8 Å². The van der Waals surface area contributed by atoms with Crippen molar-refractivity contribution in [1.82, 2.24) is 10.6 Å². The molecule has 70 valence electrons.